The van der Waals surface area contributed by atoms with Crippen LogP contribution in [0.25, 0.3) is 0 Å². The van der Waals surface area contributed by atoms with Crippen molar-refractivity contribution in [2.45, 2.75) is 33.2 Å². The summed E-state index contributed by atoms with van der Waals surface area (Å²) in [6, 6.07) is 3.93. The molecule has 0 aliphatic rings. The molecular weight excluding hydrogens is 254 g/mol. The maximum atomic E-state index is 5.48. The molecular formula is C16H27NO3. The molecule has 0 saturated carbocycles. The van der Waals surface area contributed by atoms with Crippen molar-refractivity contribution in [3.63, 3.8) is 0 Å². The Labute approximate surface area is 122 Å². The van der Waals surface area contributed by atoms with E-state index < -0.39 is 0 Å². The van der Waals surface area contributed by atoms with Crippen LogP contribution in [-0.4, -0.2) is 27.9 Å². The molecule has 0 bridgehead atoms. The predicted octanol–water partition coefficient (Wildman–Crippen LogP) is 3.24. The van der Waals surface area contributed by atoms with Crippen molar-refractivity contribution in [1.82, 2.24) is 5.32 Å². The minimum atomic E-state index is 0.650. The highest BCUT2D eigenvalue weighted by molar-refractivity contribution is 5.55. The maximum Gasteiger partial charge on any atom is 0.203 e. The summed E-state index contributed by atoms with van der Waals surface area (Å²) in [6.45, 7) is 6.24. The smallest absolute Gasteiger partial charge is 0.203 e. The van der Waals surface area contributed by atoms with Crippen molar-refractivity contribution in [3.05, 3.63) is 17.7 Å². The molecule has 20 heavy (non-hydrogen) atoms. The van der Waals surface area contributed by atoms with Gasteiger partial charge in [-0.2, -0.15) is 0 Å². The molecule has 0 unspecified atom stereocenters. The number of rotatable bonds is 9. The number of nitrogens with one attached hydrogen (secondary N) is 1. The summed E-state index contributed by atoms with van der Waals surface area (Å²) in [5.74, 6) is 2.80. The second kappa shape index (κ2) is 8.69. The molecule has 1 aromatic rings. The highest BCUT2D eigenvalue weighted by Gasteiger charge is 2.15. The molecule has 0 amide bonds. The van der Waals surface area contributed by atoms with Gasteiger partial charge in [0.1, 0.15) is 0 Å². The molecule has 0 heterocycles. The quantitative estimate of drug-likeness (QED) is 0.754. The van der Waals surface area contributed by atoms with E-state index in [0.29, 0.717) is 11.5 Å². The zero-order valence-corrected chi connectivity index (χ0v) is 13.3. The van der Waals surface area contributed by atoms with Crippen LogP contribution in [-0.2, 0) is 6.54 Å². The van der Waals surface area contributed by atoms with E-state index in [1.807, 2.05) is 12.1 Å². The third-order valence-electron chi connectivity index (χ3n) is 3.69. The van der Waals surface area contributed by atoms with E-state index in [4.69, 9.17) is 14.2 Å². The molecule has 1 aromatic carbocycles. The lowest BCUT2D eigenvalue weighted by atomic mass is 10.0. The van der Waals surface area contributed by atoms with Gasteiger partial charge in [0.05, 0.1) is 21.3 Å². The van der Waals surface area contributed by atoms with Crippen LogP contribution in [0.1, 0.15) is 32.3 Å². The van der Waals surface area contributed by atoms with E-state index >= 15 is 0 Å². The molecule has 1 N–H and O–H groups in total. The summed E-state index contributed by atoms with van der Waals surface area (Å²) in [6.07, 6.45) is 2.40. The lowest BCUT2D eigenvalue weighted by Gasteiger charge is -2.17. The van der Waals surface area contributed by atoms with Gasteiger partial charge in [-0.15, -0.1) is 0 Å². The Kier molecular flexibility index (Phi) is 7.23. The van der Waals surface area contributed by atoms with Gasteiger partial charge in [-0.3, -0.25) is 0 Å². The van der Waals surface area contributed by atoms with E-state index in [0.717, 1.165) is 30.3 Å². The van der Waals surface area contributed by atoms with Gasteiger partial charge in [-0.1, -0.05) is 32.8 Å². The van der Waals surface area contributed by atoms with Crippen molar-refractivity contribution in [1.29, 1.82) is 0 Å². The van der Waals surface area contributed by atoms with Gasteiger partial charge >= 0.3 is 0 Å². The number of hydrogen-bond acceptors (Lipinski definition) is 4. The van der Waals surface area contributed by atoms with Gasteiger partial charge in [0, 0.05) is 12.1 Å². The molecule has 4 nitrogen and oxygen atoms in total. The van der Waals surface area contributed by atoms with Crippen molar-refractivity contribution in [2.75, 3.05) is 27.9 Å². The number of benzene rings is 1. The van der Waals surface area contributed by atoms with Crippen LogP contribution in [0.15, 0.2) is 12.1 Å². The highest BCUT2D eigenvalue weighted by atomic mass is 16.5. The topological polar surface area (TPSA) is 39.7 Å². The molecule has 114 valence electrons. The van der Waals surface area contributed by atoms with E-state index in [1.54, 1.807) is 21.3 Å². The Hall–Kier alpha value is -1.42. The Morgan fingerprint density at radius 1 is 0.950 bits per heavy atom. The molecule has 4 heteroatoms. The summed E-state index contributed by atoms with van der Waals surface area (Å²) >= 11 is 0. The summed E-state index contributed by atoms with van der Waals surface area (Å²) in [4.78, 5) is 0. The van der Waals surface area contributed by atoms with Gasteiger partial charge < -0.3 is 19.5 Å². The Morgan fingerprint density at radius 3 is 2.10 bits per heavy atom. The van der Waals surface area contributed by atoms with E-state index in [9.17, 15) is 0 Å². The van der Waals surface area contributed by atoms with Crippen molar-refractivity contribution in [2.24, 2.45) is 5.92 Å². The Morgan fingerprint density at radius 2 is 1.60 bits per heavy atom. The molecule has 0 spiro atoms. The van der Waals surface area contributed by atoms with Crippen LogP contribution in [0.4, 0.5) is 0 Å². The lowest BCUT2D eigenvalue weighted by Crippen LogP contribution is -2.22. The first kappa shape index (κ1) is 16.6. The SMILES string of the molecule is CCC(CC)CNCc1ccc(OC)c(OC)c1OC. The van der Waals surface area contributed by atoms with Crippen molar-refractivity contribution >= 4 is 0 Å². The minimum Gasteiger partial charge on any atom is -0.493 e. The molecule has 0 aliphatic carbocycles. The molecule has 1 rings (SSSR count). The summed E-state index contributed by atoms with van der Waals surface area (Å²) < 4.78 is 16.2. The second-order valence-corrected chi connectivity index (χ2v) is 4.81. The average Bonchev–Trinajstić information content (AvgIpc) is 2.50. The fraction of sp³-hybridized carbons (Fsp3) is 0.625. The molecule has 0 saturated heterocycles. The molecule has 0 fully saturated rings. The first-order valence-corrected chi connectivity index (χ1v) is 7.20. The van der Waals surface area contributed by atoms with Crippen molar-refractivity contribution < 1.29 is 14.2 Å². The van der Waals surface area contributed by atoms with Gasteiger partial charge in [-0.25, -0.2) is 0 Å². The van der Waals surface area contributed by atoms with Gasteiger partial charge in [-0.05, 0) is 18.5 Å². The van der Waals surface area contributed by atoms with Gasteiger partial charge in [0.15, 0.2) is 11.5 Å². The number of ether oxygens (including phenoxy) is 3. The minimum absolute atomic E-state index is 0.650. The van der Waals surface area contributed by atoms with Gasteiger partial charge in [0.25, 0.3) is 0 Å². The fourth-order valence-electron chi connectivity index (χ4n) is 2.29. The number of hydrogen-bond donors (Lipinski definition) is 1. The summed E-state index contributed by atoms with van der Waals surface area (Å²) in [5, 5.41) is 3.49. The maximum absolute atomic E-state index is 5.48. The average molecular weight is 281 g/mol. The largest absolute Gasteiger partial charge is 0.493 e. The Bertz CT molecular complexity index is 403. The highest BCUT2D eigenvalue weighted by Crippen LogP contribution is 2.39. The predicted molar refractivity (Wildman–Crippen MR) is 81.9 cm³/mol. The van der Waals surface area contributed by atoms with Crippen LogP contribution in [0.5, 0.6) is 17.2 Å². The summed E-state index contributed by atoms with van der Waals surface area (Å²) in [5.41, 5.74) is 1.08. The third kappa shape index (κ3) is 4.04. The molecule has 0 aliphatic heterocycles. The van der Waals surface area contributed by atoms with Crippen molar-refractivity contribution in [3.8, 4) is 17.2 Å². The third-order valence-corrected chi connectivity index (χ3v) is 3.69. The zero-order chi connectivity index (χ0) is 15.0. The standard InChI is InChI=1S/C16H27NO3/c1-6-12(7-2)10-17-11-13-8-9-14(18-3)16(20-5)15(13)19-4/h8-9,12,17H,6-7,10-11H2,1-5H3. The van der Waals surface area contributed by atoms with Crippen LogP contribution in [0.2, 0.25) is 0 Å². The first-order valence-electron chi connectivity index (χ1n) is 7.20. The van der Waals surface area contributed by atoms with E-state index in [2.05, 4.69) is 19.2 Å². The first-order chi connectivity index (χ1) is 9.71. The lowest BCUT2D eigenvalue weighted by molar-refractivity contribution is 0.321. The fourth-order valence-corrected chi connectivity index (χ4v) is 2.29. The molecule has 0 radical (unpaired) electrons. The van der Waals surface area contributed by atoms with Gasteiger partial charge in [0.2, 0.25) is 5.75 Å². The second-order valence-electron chi connectivity index (χ2n) is 4.81. The van der Waals surface area contributed by atoms with E-state index in [1.165, 1.54) is 12.8 Å². The normalized spacial score (nSPS) is 10.7. The van der Waals surface area contributed by atoms with Crippen LogP contribution in [0, 0.1) is 5.92 Å². The zero-order valence-electron chi connectivity index (χ0n) is 13.3. The van der Waals surface area contributed by atoms with Crippen LogP contribution in [0.3, 0.4) is 0 Å². The van der Waals surface area contributed by atoms with Crippen LogP contribution < -0.4 is 19.5 Å². The number of methoxy groups -OCH3 is 3. The van der Waals surface area contributed by atoms with E-state index in [-0.39, 0.29) is 0 Å². The molecule has 0 aromatic heterocycles. The monoisotopic (exact) mass is 281 g/mol. The molecule has 0 atom stereocenters. The van der Waals surface area contributed by atoms with Crippen LogP contribution >= 0.6 is 0 Å². The summed E-state index contributed by atoms with van der Waals surface area (Å²) in [7, 11) is 4.91. The Balaban J connectivity index is 2.79.